The lowest BCUT2D eigenvalue weighted by molar-refractivity contribution is 0.477. The third-order valence-corrected chi connectivity index (χ3v) is 3.95. The monoisotopic (exact) mass is 237 g/mol. The van der Waals surface area contributed by atoms with Crippen LogP contribution in [0.25, 0.3) is 0 Å². The fourth-order valence-corrected chi connectivity index (χ4v) is 2.63. The Morgan fingerprint density at radius 3 is 2.71 bits per heavy atom. The van der Waals surface area contributed by atoms with Crippen LogP contribution < -0.4 is 0 Å². The maximum absolute atomic E-state index is 11.8. The predicted octanol–water partition coefficient (Wildman–Crippen LogP) is 0.279. The summed E-state index contributed by atoms with van der Waals surface area (Å²) in [5, 5.41) is 3.97. The van der Waals surface area contributed by atoms with Crippen molar-refractivity contribution < 1.29 is 8.42 Å². The Morgan fingerprint density at radius 2 is 2.29 bits per heavy atom. The summed E-state index contributed by atoms with van der Waals surface area (Å²) in [4.78, 5) is 0. The fourth-order valence-electron chi connectivity index (χ4n) is 1.01. The van der Waals surface area contributed by atoms with Crippen molar-refractivity contribution in [3.8, 4) is 0 Å². The Balaban J connectivity index is 3.03. The van der Waals surface area contributed by atoms with Gasteiger partial charge in [0.05, 0.1) is 6.20 Å². The van der Waals surface area contributed by atoms with Gasteiger partial charge in [0.1, 0.15) is 0 Å². The molecule has 1 aromatic heterocycles. The van der Waals surface area contributed by atoms with Crippen molar-refractivity contribution in [1.82, 2.24) is 14.1 Å². The van der Waals surface area contributed by atoms with E-state index in [0.29, 0.717) is 0 Å². The molecular formula is C7H12ClN3O2S. The van der Waals surface area contributed by atoms with Crippen LogP contribution in [-0.2, 0) is 17.1 Å². The average molecular weight is 238 g/mol. The van der Waals surface area contributed by atoms with E-state index in [1.54, 1.807) is 7.05 Å². The van der Waals surface area contributed by atoms with Gasteiger partial charge in [0.25, 0.3) is 10.0 Å². The molecule has 1 aromatic rings. The SMILES string of the molecule is CN(CCCl)S(=O)(=O)c1ccnn1C. The second-order valence-corrected chi connectivity index (χ2v) is 5.18. The molecule has 0 aliphatic carbocycles. The highest BCUT2D eigenvalue weighted by Crippen LogP contribution is 2.11. The van der Waals surface area contributed by atoms with Crippen molar-refractivity contribution >= 4 is 21.6 Å². The molecule has 7 heteroatoms. The molecule has 0 atom stereocenters. The molecule has 1 rings (SSSR count). The molecule has 80 valence electrons. The van der Waals surface area contributed by atoms with E-state index in [9.17, 15) is 8.42 Å². The van der Waals surface area contributed by atoms with E-state index in [0.717, 1.165) is 0 Å². The molecule has 0 bridgehead atoms. The molecule has 0 saturated heterocycles. The van der Waals surface area contributed by atoms with Gasteiger partial charge in [-0.3, -0.25) is 4.68 Å². The number of rotatable bonds is 4. The molecular weight excluding hydrogens is 226 g/mol. The number of nitrogens with zero attached hydrogens (tertiary/aromatic N) is 3. The van der Waals surface area contributed by atoms with Crippen LogP contribution >= 0.6 is 11.6 Å². The zero-order valence-electron chi connectivity index (χ0n) is 8.01. The Morgan fingerprint density at radius 1 is 1.64 bits per heavy atom. The van der Waals surface area contributed by atoms with Crippen LogP contribution in [0.3, 0.4) is 0 Å². The largest absolute Gasteiger partial charge is 0.259 e. The molecule has 0 fully saturated rings. The lowest BCUT2D eigenvalue weighted by Crippen LogP contribution is -2.30. The van der Waals surface area contributed by atoms with Crippen molar-refractivity contribution in [3.63, 3.8) is 0 Å². The second kappa shape index (κ2) is 4.29. The van der Waals surface area contributed by atoms with Crippen LogP contribution in [0.5, 0.6) is 0 Å². The fraction of sp³-hybridized carbons (Fsp3) is 0.571. The Labute approximate surface area is 88.3 Å². The highest BCUT2D eigenvalue weighted by atomic mass is 35.5. The van der Waals surface area contributed by atoms with Gasteiger partial charge in [-0.1, -0.05) is 0 Å². The van der Waals surface area contributed by atoms with E-state index < -0.39 is 10.0 Å². The third-order valence-electron chi connectivity index (χ3n) is 1.85. The topological polar surface area (TPSA) is 55.2 Å². The summed E-state index contributed by atoms with van der Waals surface area (Å²) in [5.74, 6) is 0.271. The Bertz CT molecular complexity index is 401. The molecule has 0 radical (unpaired) electrons. The summed E-state index contributed by atoms with van der Waals surface area (Å²) in [7, 11) is -0.364. The molecule has 0 aliphatic heterocycles. The van der Waals surface area contributed by atoms with Crippen molar-refractivity contribution in [2.24, 2.45) is 7.05 Å². The van der Waals surface area contributed by atoms with E-state index >= 15 is 0 Å². The maximum Gasteiger partial charge on any atom is 0.259 e. The Kier molecular flexibility index (Phi) is 3.52. The van der Waals surface area contributed by atoms with Crippen LogP contribution in [0.1, 0.15) is 0 Å². The number of aromatic nitrogens is 2. The third kappa shape index (κ3) is 2.08. The van der Waals surface area contributed by atoms with Gasteiger partial charge in [-0.15, -0.1) is 11.6 Å². The second-order valence-electron chi connectivity index (χ2n) is 2.81. The molecule has 5 nitrogen and oxygen atoms in total. The number of halogens is 1. The lowest BCUT2D eigenvalue weighted by atomic mass is 10.7. The number of alkyl halides is 1. The zero-order valence-corrected chi connectivity index (χ0v) is 9.59. The van der Waals surface area contributed by atoms with E-state index in [-0.39, 0.29) is 17.5 Å². The standard InChI is InChI=1S/C7H12ClN3O2S/c1-10(6-4-8)14(12,13)7-3-5-9-11(7)2/h3,5H,4,6H2,1-2H3. The van der Waals surface area contributed by atoms with Crippen LogP contribution in [0, 0.1) is 0 Å². The predicted molar refractivity (Wildman–Crippen MR) is 53.7 cm³/mol. The number of aryl methyl sites for hydroxylation is 1. The molecule has 0 aromatic carbocycles. The quantitative estimate of drug-likeness (QED) is 0.707. The minimum absolute atomic E-state index is 0.171. The minimum Gasteiger partial charge on any atom is -0.256 e. The van der Waals surface area contributed by atoms with Gasteiger partial charge in [0.15, 0.2) is 5.03 Å². The molecule has 0 N–H and O–H groups in total. The van der Waals surface area contributed by atoms with Crippen LogP contribution in [0.2, 0.25) is 0 Å². The molecule has 1 heterocycles. The van der Waals surface area contributed by atoms with Crippen molar-refractivity contribution in [2.45, 2.75) is 5.03 Å². The van der Waals surface area contributed by atoms with Crippen molar-refractivity contribution in [1.29, 1.82) is 0 Å². The maximum atomic E-state index is 11.8. The molecule has 0 unspecified atom stereocenters. The summed E-state index contributed by atoms with van der Waals surface area (Å²) in [5.41, 5.74) is 0. The summed E-state index contributed by atoms with van der Waals surface area (Å²) in [6.07, 6.45) is 1.45. The van der Waals surface area contributed by atoms with Gasteiger partial charge in [-0.05, 0) is 6.07 Å². The minimum atomic E-state index is -3.44. The average Bonchev–Trinajstić information content (AvgIpc) is 2.52. The van der Waals surface area contributed by atoms with Gasteiger partial charge in [0, 0.05) is 26.5 Å². The molecule has 0 amide bonds. The highest BCUT2D eigenvalue weighted by molar-refractivity contribution is 7.89. The van der Waals surface area contributed by atoms with E-state index in [1.165, 1.54) is 28.3 Å². The van der Waals surface area contributed by atoms with Gasteiger partial charge < -0.3 is 0 Å². The van der Waals surface area contributed by atoms with Crippen molar-refractivity contribution in [2.75, 3.05) is 19.5 Å². The first-order valence-electron chi connectivity index (χ1n) is 4.00. The zero-order chi connectivity index (χ0) is 10.8. The summed E-state index contributed by atoms with van der Waals surface area (Å²) in [6, 6.07) is 1.46. The van der Waals surface area contributed by atoms with Gasteiger partial charge in [-0.25, -0.2) is 8.42 Å². The summed E-state index contributed by atoms with van der Waals surface area (Å²) < 4.78 is 26.1. The molecule has 0 saturated carbocycles. The number of hydrogen-bond donors (Lipinski definition) is 0. The van der Waals surface area contributed by atoms with Gasteiger partial charge in [-0.2, -0.15) is 9.40 Å². The first-order chi connectivity index (χ1) is 6.50. The van der Waals surface area contributed by atoms with Crippen LogP contribution in [0.4, 0.5) is 0 Å². The summed E-state index contributed by atoms with van der Waals surface area (Å²) in [6.45, 7) is 0.287. The van der Waals surface area contributed by atoms with E-state index in [2.05, 4.69) is 5.10 Å². The molecule has 0 aliphatic rings. The number of hydrogen-bond acceptors (Lipinski definition) is 3. The Hall–Kier alpha value is -0.590. The van der Waals surface area contributed by atoms with E-state index in [1.807, 2.05) is 0 Å². The first-order valence-corrected chi connectivity index (χ1v) is 5.98. The number of sulfonamides is 1. The van der Waals surface area contributed by atoms with Crippen molar-refractivity contribution in [3.05, 3.63) is 12.3 Å². The first kappa shape index (κ1) is 11.5. The summed E-state index contributed by atoms with van der Waals surface area (Å²) >= 11 is 5.48. The normalized spacial score (nSPS) is 12.3. The molecule has 0 spiro atoms. The molecule has 14 heavy (non-hydrogen) atoms. The van der Waals surface area contributed by atoms with Crippen LogP contribution in [0.15, 0.2) is 17.3 Å². The lowest BCUT2D eigenvalue weighted by Gasteiger charge is -2.15. The van der Waals surface area contributed by atoms with Crippen LogP contribution in [-0.4, -0.2) is 42.0 Å². The van der Waals surface area contributed by atoms with Gasteiger partial charge >= 0.3 is 0 Å². The van der Waals surface area contributed by atoms with Gasteiger partial charge in [0.2, 0.25) is 0 Å². The van der Waals surface area contributed by atoms with E-state index in [4.69, 9.17) is 11.6 Å². The highest BCUT2D eigenvalue weighted by Gasteiger charge is 2.22. The smallest absolute Gasteiger partial charge is 0.256 e.